The highest BCUT2D eigenvalue weighted by molar-refractivity contribution is 5.91. The van der Waals surface area contributed by atoms with Crippen molar-refractivity contribution < 1.29 is 4.79 Å². The fraction of sp³-hybridized carbons (Fsp3) is 0.550. The molecular formula is C20H29N5O. The van der Waals surface area contributed by atoms with Gasteiger partial charge in [0.1, 0.15) is 0 Å². The summed E-state index contributed by atoms with van der Waals surface area (Å²) in [6.45, 7) is 8.45. The molecule has 1 aromatic heterocycles. The first kappa shape index (κ1) is 18.6. The van der Waals surface area contributed by atoms with Crippen LogP contribution in [0.1, 0.15) is 55.2 Å². The predicted molar refractivity (Wildman–Crippen MR) is 102 cm³/mol. The Morgan fingerprint density at radius 2 is 2.00 bits per heavy atom. The quantitative estimate of drug-likeness (QED) is 0.776. The van der Waals surface area contributed by atoms with Gasteiger partial charge in [0, 0.05) is 6.54 Å². The lowest BCUT2D eigenvalue weighted by molar-refractivity contribution is 0.0945. The van der Waals surface area contributed by atoms with E-state index in [1.54, 1.807) is 10.9 Å². The third-order valence-electron chi connectivity index (χ3n) is 5.23. The molecule has 1 atom stereocenters. The smallest absolute Gasteiger partial charge is 0.273 e. The first-order chi connectivity index (χ1) is 12.6. The number of benzene rings is 1. The number of aromatic nitrogens is 3. The van der Waals surface area contributed by atoms with Crippen LogP contribution in [0, 0.1) is 5.92 Å². The van der Waals surface area contributed by atoms with Crippen molar-refractivity contribution in [2.24, 2.45) is 5.92 Å². The average Bonchev–Trinajstić information content (AvgIpc) is 3.17. The van der Waals surface area contributed by atoms with Crippen molar-refractivity contribution in [3.63, 3.8) is 0 Å². The third kappa shape index (κ3) is 4.91. The topological polar surface area (TPSA) is 63.1 Å². The van der Waals surface area contributed by atoms with Crippen LogP contribution in [0.3, 0.4) is 0 Å². The molecule has 1 aliphatic heterocycles. The second kappa shape index (κ2) is 8.94. The van der Waals surface area contributed by atoms with Crippen LogP contribution in [0.15, 0.2) is 36.5 Å². The van der Waals surface area contributed by atoms with Crippen LogP contribution < -0.4 is 5.32 Å². The van der Waals surface area contributed by atoms with Crippen LogP contribution >= 0.6 is 0 Å². The summed E-state index contributed by atoms with van der Waals surface area (Å²) in [5, 5.41) is 11.1. The summed E-state index contributed by atoms with van der Waals surface area (Å²) in [5.74, 6) is 0.704. The number of piperidine rings is 1. The molecule has 1 N–H and O–H groups in total. The first-order valence-electron chi connectivity index (χ1n) is 9.61. The van der Waals surface area contributed by atoms with Gasteiger partial charge in [0.05, 0.1) is 12.2 Å². The van der Waals surface area contributed by atoms with Crippen LogP contribution in [0.5, 0.6) is 0 Å². The van der Waals surface area contributed by atoms with Crippen molar-refractivity contribution >= 4 is 5.91 Å². The molecule has 1 unspecified atom stereocenters. The molecule has 6 heteroatoms. The fourth-order valence-electron chi connectivity index (χ4n) is 3.34. The molecule has 0 radical (unpaired) electrons. The van der Waals surface area contributed by atoms with Crippen molar-refractivity contribution in [2.45, 2.75) is 39.2 Å². The SMILES string of the molecule is CC1CCN(CCCNC(=O)c2cn(C(C)c3ccccc3)nn2)CC1. The van der Waals surface area contributed by atoms with E-state index in [1.807, 2.05) is 37.3 Å². The summed E-state index contributed by atoms with van der Waals surface area (Å²) in [5.41, 5.74) is 1.51. The maximum absolute atomic E-state index is 12.3. The molecule has 1 saturated heterocycles. The van der Waals surface area contributed by atoms with Gasteiger partial charge >= 0.3 is 0 Å². The molecule has 140 valence electrons. The standard InChI is InChI=1S/C20H29N5O/c1-16-9-13-24(14-10-16)12-6-11-21-20(26)19-15-25(23-22-19)17(2)18-7-4-3-5-8-18/h3-5,7-8,15-17H,6,9-14H2,1-2H3,(H,21,26). The van der Waals surface area contributed by atoms with Gasteiger partial charge in [0.15, 0.2) is 5.69 Å². The summed E-state index contributed by atoms with van der Waals surface area (Å²) in [7, 11) is 0. The monoisotopic (exact) mass is 355 g/mol. The molecule has 6 nitrogen and oxygen atoms in total. The molecule has 1 aliphatic rings. The molecule has 1 aromatic carbocycles. The maximum Gasteiger partial charge on any atom is 0.273 e. The Morgan fingerprint density at radius 3 is 2.73 bits per heavy atom. The molecule has 26 heavy (non-hydrogen) atoms. The van der Waals surface area contributed by atoms with Crippen molar-refractivity contribution in [3.05, 3.63) is 47.8 Å². The highest BCUT2D eigenvalue weighted by Crippen LogP contribution is 2.17. The number of hydrogen-bond donors (Lipinski definition) is 1. The molecule has 2 heterocycles. The molecule has 0 bridgehead atoms. The summed E-state index contributed by atoms with van der Waals surface area (Å²) < 4.78 is 1.74. The number of rotatable bonds is 7. The van der Waals surface area contributed by atoms with E-state index < -0.39 is 0 Å². The molecule has 0 saturated carbocycles. The second-order valence-electron chi connectivity index (χ2n) is 7.30. The van der Waals surface area contributed by atoms with Gasteiger partial charge in [-0.1, -0.05) is 42.5 Å². The maximum atomic E-state index is 12.3. The largest absolute Gasteiger partial charge is 0.351 e. The minimum Gasteiger partial charge on any atom is -0.351 e. The summed E-state index contributed by atoms with van der Waals surface area (Å²) in [6.07, 6.45) is 5.26. The van der Waals surface area contributed by atoms with Gasteiger partial charge < -0.3 is 10.2 Å². The van der Waals surface area contributed by atoms with E-state index in [9.17, 15) is 4.79 Å². The minimum atomic E-state index is -0.149. The van der Waals surface area contributed by atoms with E-state index in [2.05, 4.69) is 27.5 Å². The number of hydrogen-bond acceptors (Lipinski definition) is 4. The number of carbonyl (C=O) groups is 1. The zero-order valence-corrected chi connectivity index (χ0v) is 15.8. The normalized spacial score (nSPS) is 17.2. The number of nitrogens with one attached hydrogen (secondary N) is 1. The van der Waals surface area contributed by atoms with Crippen molar-refractivity contribution in [3.8, 4) is 0 Å². The lowest BCUT2D eigenvalue weighted by Gasteiger charge is -2.30. The van der Waals surface area contributed by atoms with Gasteiger partial charge in [-0.05, 0) is 57.3 Å². The zero-order valence-electron chi connectivity index (χ0n) is 15.8. The molecule has 1 amide bonds. The predicted octanol–water partition coefficient (Wildman–Crippen LogP) is 2.74. The highest BCUT2D eigenvalue weighted by atomic mass is 16.2. The summed E-state index contributed by atoms with van der Waals surface area (Å²) >= 11 is 0. The van der Waals surface area contributed by atoms with E-state index in [4.69, 9.17) is 0 Å². The Balaban J connectivity index is 1.43. The van der Waals surface area contributed by atoms with E-state index in [0.717, 1.165) is 24.4 Å². The zero-order chi connectivity index (χ0) is 18.4. The van der Waals surface area contributed by atoms with Crippen LogP contribution in [-0.4, -0.2) is 52.0 Å². The first-order valence-corrected chi connectivity index (χ1v) is 9.61. The van der Waals surface area contributed by atoms with E-state index >= 15 is 0 Å². The molecule has 0 spiro atoms. The minimum absolute atomic E-state index is 0.0479. The summed E-state index contributed by atoms with van der Waals surface area (Å²) in [4.78, 5) is 14.8. The Kier molecular flexibility index (Phi) is 6.39. The lowest BCUT2D eigenvalue weighted by atomic mass is 9.99. The van der Waals surface area contributed by atoms with Gasteiger partial charge in [-0.25, -0.2) is 4.68 Å². The number of likely N-dealkylation sites (tertiary alicyclic amines) is 1. The van der Waals surface area contributed by atoms with Crippen molar-refractivity contribution in [1.82, 2.24) is 25.2 Å². The van der Waals surface area contributed by atoms with Gasteiger partial charge in [0.25, 0.3) is 5.91 Å². The highest BCUT2D eigenvalue weighted by Gasteiger charge is 2.16. The molecular weight excluding hydrogens is 326 g/mol. The molecule has 3 rings (SSSR count). The van der Waals surface area contributed by atoms with Gasteiger partial charge in [-0.3, -0.25) is 4.79 Å². The summed E-state index contributed by atoms with van der Waals surface area (Å²) in [6, 6.07) is 10.1. The molecule has 1 fully saturated rings. The van der Waals surface area contributed by atoms with Crippen molar-refractivity contribution in [1.29, 1.82) is 0 Å². The van der Waals surface area contributed by atoms with E-state index in [-0.39, 0.29) is 11.9 Å². The fourth-order valence-corrected chi connectivity index (χ4v) is 3.34. The third-order valence-corrected chi connectivity index (χ3v) is 5.23. The van der Waals surface area contributed by atoms with Crippen LogP contribution in [0.25, 0.3) is 0 Å². The van der Waals surface area contributed by atoms with Crippen molar-refractivity contribution in [2.75, 3.05) is 26.2 Å². The molecule has 0 aliphatic carbocycles. The second-order valence-corrected chi connectivity index (χ2v) is 7.30. The Morgan fingerprint density at radius 1 is 1.27 bits per heavy atom. The van der Waals surface area contributed by atoms with E-state index in [0.29, 0.717) is 12.2 Å². The Bertz CT molecular complexity index is 691. The number of amides is 1. The Hall–Kier alpha value is -2.21. The number of carbonyl (C=O) groups excluding carboxylic acids is 1. The van der Waals surface area contributed by atoms with Crippen LogP contribution in [0.4, 0.5) is 0 Å². The molecule has 2 aromatic rings. The van der Waals surface area contributed by atoms with Crippen LogP contribution in [-0.2, 0) is 0 Å². The van der Waals surface area contributed by atoms with Gasteiger partial charge in [0.2, 0.25) is 0 Å². The number of nitrogens with zero attached hydrogens (tertiary/aromatic N) is 4. The van der Waals surface area contributed by atoms with E-state index in [1.165, 1.54) is 25.9 Å². The van der Waals surface area contributed by atoms with Gasteiger partial charge in [-0.2, -0.15) is 0 Å². The van der Waals surface area contributed by atoms with Crippen LogP contribution in [0.2, 0.25) is 0 Å². The lowest BCUT2D eigenvalue weighted by Crippen LogP contribution is -2.35. The Labute approximate surface area is 155 Å². The van der Waals surface area contributed by atoms with Gasteiger partial charge in [-0.15, -0.1) is 5.10 Å². The average molecular weight is 355 g/mol.